The van der Waals surface area contributed by atoms with E-state index in [0.29, 0.717) is 0 Å². The molecule has 0 amide bonds. The second-order valence-corrected chi connectivity index (χ2v) is 4.37. The normalized spacial score (nSPS) is 13.9. The quantitative estimate of drug-likeness (QED) is 0.687. The first kappa shape index (κ1) is 10.5. The Labute approximate surface area is 93.0 Å². The van der Waals surface area contributed by atoms with Gasteiger partial charge in [0, 0.05) is 0 Å². The van der Waals surface area contributed by atoms with Gasteiger partial charge >= 0.3 is 0 Å². The summed E-state index contributed by atoms with van der Waals surface area (Å²) in [4.78, 5) is 0. The van der Waals surface area contributed by atoms with E-state index in [0.717, 1.165) is 12.8 Å². The van der Waals surface area contributed by atoms with Gasteiger partial charge in [-0.15, -0.1) is 0 Å². The number of fused-ring (bicyclic) bond motifs is 1. The summed E-state index contributed by atoms with van der Waals surface area (Å²) in [6.07, 6.45) is 7.10. The molecule has 0 fully saturated rings. The van der Waals surface area contributed by atoms with E-state index in [1.807, 2.05) is 0 Å². The van der Waals surface area contributed by atoms with Gasteiger partial charge in [0.1, 0.15) is 0 Å². The molecule has 1 aromatic rings. The van der Waals surface area contributed by atoms with Crippen LogP contribution in [0.1, 0.15) is 49.4 Å². The molecule has 0 atom stereocenters. The predicted molar refractivity (Wildman–Crippen MR) is 67.2 cm³/mol. The summed E-state index contributed by atoms with van der Waals surface area (Å²) >= 11 is 0. The van der Waals surface area contributed by atoms with Crippen molar-refractivity contribution in [1.29, 1.82) is 0 Å². The van der Waals surface area contributed by atoms with Crippen molar-refractivity contribution in [1.82, 2.24) is 0 Å². The van der Waals surface area contributed by atoms with Crippen LogP contribution in [0, 0.1) is 0 Å². The smallest absolute Gasteiger partial charge is 0.00577 e. The second-order valence-electron chi connectivity index (χ2n) is 4.37. The Kier molecular flexibility index (Phi) is 2.95. The summed E-state index contributed by atoms with van der Waals surface area (Å²) in [6.45, 7) is 6.75. The van der Waals surface area contributed by atoms with Crippen LogP contribution in [0.3, 0.4) is 0 Å². The van der Waals surface area contributed by atoms with Crippen LogP contribution in [0.25, 0.3) is 6.08 Å². The summed E-state index contributed by atoms with van der Waals surface area (Å²) in [5.41, 5.74) is 7.70. The minimum atomic E-state index is 1.15. The van der Waals surface area contributed by atoms with Crippen LogP contribution in [0.2, 0.25) is 0 Å². The fourth-order valence-corrected chi connectivity index (χ4v) is 2.41. The van der Waals surface area contributed by atoms with Crippen molar-refractivity contribution in [3.05, 3.63) is 40.0 Å². The van der Waals surface area contributed by atoms with Gasteiger partial charge in [0.05, 0.1) is 0 Å². The van der Waals surface area contributed by atoms with Crippen LogP contribution < -0.4 is 0 Å². The molecule has 2 rings (SSSR count). The maximum Gasteiger partial charge on any atom is -0.00577 e. The number of aryl methyl sites for hydroxylation is 2. The first-order chi connectivity index (χ1) is 7.28. The zero-order valence-electron chi connectivity index (χ0n) is 10.1. The third-order valence-corrected chi connectivity index (χ3v) is 3.42. The molecule has 0 N–H and O–H groups in total. The maximum atomic E-state index is 2.41. The molecular weight excluding hydrogens is 180 g/mol. The molecule has 0 nitrogen and oxygen atoms in total. The fourth-order valence-electron chi connectivity index (χ4n) is 2.41. The second kappa shape index (κ2) is 4.22. The Morgan fingerprint density at radius 1 is 1.00 bits per heavy atom. The van der Waals surface area contributed by atoms with Crippen LogP contribution in [0.4, 0.5) is 0 Å². The Bertz CT molecular complexity index is 397. The molecule has 0 unspecified atom stereocenters. The summed E-state index contributed by atoms with van der Waals surface area (Å²) in [6, 6.07) is 4.78. The SMILES string of the molecule is CCC1=Cc2c(CC)cc(CC)cc2C1. The third-order valence-electron chi connectivity index (χ3n) is 3.42. The molecule has 0 heterocycles. The van der Waals surface area contributed by atoms with E-state index >= 15 is 0 Å². The summed E-state index contributed by atoms with van der Waals surface area (Å²) in [5, 5.41) is 0. The van der Waals surface area contributed by atoms with E-state index in [1.165, 1.54) is 29.5 Å². The Hall–Kier alpha value is -1.04. The average molecular weight is 200 g/mol. The van der Waals surface area contributed by atoms with Gasteiger partial charge in [0.2, 0.25) is 0 Å². The number of hydrogen-bond donors (Lipinski definition) is 0. The van der Waals surface area contributed by atoms with E-state index in [9.17, 15) is 0 Å². The molecule has 0 aromatic heterocycles. The lowest BCUT2D eigenvalue weighted by atomic mass is 9.97. The van der Waals surface area contributed by atoms with Gasteiger partial charge in [-0.25, -0.2) is 0 Å². The van der Waals surface area contributed by atoms with E-state index in [1.54, 1.807) is 11.1 Å². The highest BCUT2D eigenvalue weighted by Crippen LogP contribution is 2.31. The number of rotatable bonds is 3. The van der Waals surface area contributed by atoms with Crippen LogP contribution in [0.15, 0.2) is 17.7 Å². The topological polar surface area (TPSA) is 0 Å². The zero-order chi connectivity index (χ0) is 10.8. The van der Waals surface area contributed by atoms with E-state index in [-0.39, 0.29) is 0 Å². The molecule has 0 saturated heterocycles. The molecule has 1 aliphatic rings. The highest BCUT2D eigenvalue weighted by Gasteiger charge is 2.14. The van der Waals surface area contributed by atoms with Crippen molar-refractivity contribution in [2.45, 2.75) is 46.5 Å². The lowest BCUT2D eigenvalue weighted by Gasteiger charge is -2.08. The van der Waals surface area contributed by atoms with E-state index in [4.69, 9.17) is 0 Å². The molecule has 0 saturated carbocycles. The number of hydrogen-bond acceptors (Lipinski definition) is 0. The van der Waals surface area contributed by atoms with Crippen molar-refractivity contribution >= 4 is 6.08 Å². The Balaban J connectivity index is 2.47. The first-order valence-electron chi connectivity index (χ1n) is 6.12. The van der Waals surface area contributed by atoms with Crippen molar-refractivity contribution in [2.24, 2.45) is 0 Å². The van der Waals surface area contributed by atoms with E-state index < -0.39 is 0 Å². The molecule has 0 heteroatoms. The molecule has 0 bridgehead atoms. The molecule has 0 radical (unpaired) electrons. The molecule has 15 heavy (non-hydrogen) atoms. The van der Waals surface area contributed by atoms with Crippen LogP contribution in [-0.2, 0) is 19.3 Å². The minimum absolute atomic E-state index is 1.15. The van der Waals surface area contributed by atoms with E-state index in [2.05, 4.69) is 39.0 Å². The van der Waals surface area contributed by atoms with Gasteiger partial charge in [0.15, 0.2) is 0 Å². The van der Waals surface area contributed by atoms with Gasteiger partial charge in [-0.2, -0.15) is 0 Å². The largest absolute Gasteiger partial charge is 0.0655 e. The van der Waals surface area contributed by atoms with Gasteiger partial charge in [-0.3, -0.25) is 0 Å². The maximum absolute atomic E-state index is 2.41. The molecule has 1 aliphatic carbocycles. The zero-order valence-corrected chi connectivity index (χ0v) is 10.1. The van der Waals surface area contributed by atoms with Crippen LogP contribution in [-0.4, -0.2) is 0 Å². The number of benzene rings is 1. The predicted octanol–water partition coefficient (Wildman–Crippen LogP) is 4.16. The monoisotopic (exact) mass is 200 g/mol. The van der Waals surface area contributed by atoms with Gasteiger partial charge < -0.3 is 0 Å². The molecular formula is C15H20. The molecule has 80 valence electrons. The lowest BCUT2D eigenvalue weighted by molar-refractivity contribution is 1.02. The van der Waals surface area contributed by atoms with Gasteiger partial charge in [-0.1, -0.05) is 44.6 Å². The van der Waals surface area contributed by atoms with Crippen LogP contribution in [0.5, 0.6) is 0 Å². The summed E-state index contributed by atoms with van der Waals surface area (Å²) < 4.78 is 0. The first-order valence-corrected chi connectivity index (χ1v) is 6.12. The average Bonchev–Trinajstić information content (AvgIpc) is 2.70. The fraction of sp³-hybridized carbons (Fsp3) is 0.467. The van der Waals surface area contributed by atoms with Gasteiger partial charge in [-0.05, 0) is 47.9 Å². The third kappa shape index (κ3) is 1.86. The molecule has 1 aromatic carbocycles. The van der Waals surface area contributed by atoms with Gasteiger partial charge in [0.25, 0.3) is 0 Å². The highest BCUT2D eigenvalue weighted by atomic mass is 14.2. The van der Waals surface area contributed by atoms with Crippen molar-refractivity contribution < 1.29 is 0 Å². The molecule has 0 spiro atoms. The Morgan fingerprint density at radius 3 is 2.40 bits per heavy atom. The number of allylic oxidation sites excluding steroid dienone is 1. The summed E-state index contributed by atoms with van der Waals surface area (Å²) in [7, 11) is 0. The molecule has 0 aliphatic heterocycles. The van der Waals surface area contributed by atoms with Crippen molar-refractivity contribution in [2.75, 3.05) is 0 Å². The highest BCUT2D eigenvalue weighted by molar-refractivity contribution is 5.67. The van der Waals surface area contributed by atoms with Crippen molar-refractivity contribution in [3.63, 3.8) is 0 Å². The summed E-state index contributed by atoms with van der Waals surface area (Å²) in [5.74, 6) is 0. The Morgan fingerprint density at radius 2 is 1.80 bits per heavy atom. The lowest BCUT2D eigenvalue weighted by Crippen LogP contribution is -1.94. The minimum Gasteiger partial charge on any atom is -0.0655 e. The van der Waals surface area contributed by atoms with Crippen molar-refractivity contribution in [3.8, 4) is 0 Å². The van der Waals surface area contributed by atoms with Crippen LogP contribution >= 0.6 is 0 Å². The standard InChI is InChI=1S/C15H20/c1-4-11-7-13(6-3)15-10-12(5-2)9-14(15)8-11/h7-8,10H,4-6,9H2,1-3H3.